The van der Waals surface area contributed by atoms with Crippen molar-refractivity contribution in [3.05, 3.63) is 18.5 Å². The largest absolute Gasteiger partial charge is 0.481 e. The third kappa shape index (κ3) is 2.44. The van der Waals surface area contributed by atoms with Crippen molar-refractivity contribution in [2.24, 2.45) is 11.3 Å². The summed E-state index contributed by atoms with van der Waals surface area (Å²) in [4.78, 5) is 21.9. The summed E-state index contributed by atoms with van der Waals surface area (Å²) >= 11 is 0. The van der Waals surface area contributed by atoms with E-state index in [9.17, 15) is 9.90 Å². The van der Waals surface area contributed by atoms with Gasteiger partial charge in [0.05, 0.1) is 5.41 Å². The number of carboxylic acids is 1. The lowest BCUT2D eigenvalue weighted by Crippen LogP contribution is -2.45. The van der Waals surface area contributed by atoms with E-state index in [1.165, 1.54) is 0 Å². The van der Waals surface area contributed by atoms with E-state index >= 15 is 0 Å². The van der Waals surface area contributed by atoms with Gasteiger partial charge in [0.2, 0.25) is 5.95 Å². The van der Waals surface area contributed by atoms with E-state index in [0.29, 0.717) is 12.5 Å². The van der Waals surface area contributed by atoms with E-state index < -0.39 is 11.4 Å². The smallest absolute Gasteiger partial charge is 0.309 e. The number of carbonyl (C=O) groups is 1. The molecule has 1 fully saturated rings. The van der Waals surface area contributed by atoms with Crippen LogP contribution in [0.3, 0.4) is 0 Å². The third-order valence-electron chi connectivity index (χ3n) is 3.83. The van der Waals surface area contributed by atoms with Crippen molar-refractivity contribution in [1.82, 2.24) is 9.97 Å². The maximum atomic E-state index is 11.3. The van der Waals surface area contributed by atoms with Crippen LogP contribution in [0, 0.1) is 11.3 Å². The van der Waals surface area contributed by atoms with Crippen LogP contribution in [-0.2, 0) is 4.79 Å². The zero-order chi connectivity index (χ0) is 13.2. The Morgan fingerprint density at radius 3 is 2.72 bits per heavy atom. The van der Waals surface area contributed by atoms with Gasteiger partial charge in [0.1, 0.15) is 0 Å². The monoisotopic (exact) mass is 249 g/mol. The van der Waals surface area contributed by atoms with E-state index in [1.54, 1.807) is 32.3 Å². The first-order valence-electron chi connectivity index (χ1n) is 6.27. The number of hydrogen-bond acceptors (Lipinski definition) is 4. The van der Waals surface area contributed by atoms with Gasteiger partial charge in [-0.2, -0.15) is 0 Å². The van der Waals surface area contributed by atoms with Gasteiger partial charge < -0.3 is 10.0 Å². The van der Waals surface area contributed by atoms with Crippen LogP contribution in [0.15, 0.2) is 18.5 Å². The van der Waals surface area contributed by atoms with Crippen molar-refractivity contribution in [3.63, 3.8) is 0 Å². The summed E-state index contributed by atoms with van der Waals surface area (Å²) < 4.78 is 0. The number of aromatic nitrogens is 2. The summed E-state index contributed by atoms with van der Waals surface area (Å²) in [6, 6.07) is 1.78. The number of aliphatic carboxylic acids is 1. The Kier molecular flexibility index (Phi) is 3.50. The fourth-order valence-corrected chi connectivity index (χ4v) is 2.38. The highest BCUT2D eigenvalue weighted by Gasteiger charge is 2.39. The molecule has 0 amide bonds. The Morgan fingerprint density at radius 1 is 1.44 bits per heavy atom. The van der Waals surface area contributed by atoms with Crippen molar-refractivity contribution in [3.8, 4) is 0 Å². The molecular weight excluding hydrogens is 230 g/mol. The second-order valence-electron chi connectivity index (χ2n) is 5.36. The molecule has 0 spiro atoms. The normalized spacial score (nSPS) is 20.8. The Bertz CT molecular complexity index is 420. The van der Waals surface area contributed by atoms with Gasteiger partial charge in [-0.1, -0.05) is 0 Å². The quantitative estimate of drug-likeness (QED) is 0.884. The van der Waals surface area contributed by atoms with Gasteiger partial charge >= 0.3 is 5.97 Å². The molecule has 0 saturated carbocycles. The van der Waals surface area contributed by atoms with Crippen LogP contribution in [-0.4, -0.2) is 34.1 Å². The van der Waals surface area contributed by atoms with Gasteiger partial charge in [0, 0.05) is 25.5 Å². The van der Waals surface area contributed by atoms with Gasteiger partial charge in [0.25, 0.3) is 0 Å². The summed E-state index contributed by atoms with van der Waals surface area (Å²) in [7, 11) is 0. The number of rotatable bonds is 3. The topological polar surface area (TPSA) is 66.3 Å². The number of piperidine rings is 1. The van der Waals surface area contributed by atoms with Crippen LogP contribution in [0.5, 0.6) is 0 Å². The fraction of sp³-hybridized carbons (Fsp3) is 0.615. The number of carboxylic acid groups (broad SMARTS) is 1. The van der Waals surface area contributed by atoms with Gasteiger partial charge in [-0.3, -0.25) is 4.79 Å². The van der Waals surface area contributed by atoms with Crippen molar-refractivity contribution < 1.29 is 9.90 Å². The van der Waals surface area contributed by atoms with Crippen LogP contribution in [0.25, 0.3) is 0 Å². The summed E-state index contributed by atoms with van der Waals surface area (Å²) in [5.74, 6) is 0.0966. The van der Waals surface area contributed by atoms with Crippen LogP contribution >= 0.6 is 0 Å². The molecule has 0 bridgehead atoms. The van der Waals surface area contributed by atoms with Gasteiger partial charge in [0.15, 0.2) is 0 Å². The molecule has 2 rings (SSSR count). The first kappa shape index (κ1) is 12.8. The predicted octanol–water partition coefficient (Wildman–Crippen LogP) is 1.80. The molecule has 1 aliphatic rings. The minimum Gasteiger partial charge on any atom is -0.481 e. The Hall–Kier alpha value is -1.65. The molecule has 1 aromatic rings. The molecule has 0 radical (unpaired) electrons. The lowest BCUT2D eigenvalue weighted by molar-refractivity contribution is -0.150. The standard InChI is InChI=1S/C13H19N3O2/c1-13(2,11(17)18)10-5-3-8-16(9-10)12-14-6-4-7-15-12/h4,6-7,10H,3,5,8-9H2,1-2H3,(H,17,18). The highest BCUT2D eigenvalue weighted by molar-refractivity contribution is 5.74. The fourth-order valence-electron chi connectivity index (χ4n) is 2.38. The summed E-state index contributed by atoms with van der Waals surface area (Å²) in [6.45, 7) is 5.21. The molecular formula is C13H19N3O2. The molecule has 98 valence electrons. The number of anilines is 1. The van der Waals surface area contributed by atoms with Crippen LogP contribution in [0.2, 0.25) is 0 Å². The molecule has 5 heteroatoms. The second-order valence-corrected chi connectivity index (χ2v) is 5.36. The third-order valence-corrected chi connectivity index (χ3v) is 3.83. The summed E-state index contributed by atoms with van der Waals surface area (Å²) in [6.07, 6.45) is 5.37. The molecule has 1 aliphatic heterocycles. The minimum atomic E-state index is -0.733. The molecule has 5 nitrogen and oxygen atoms in total. The zero-order valence-electron chi connectivity index (χ0n) is 10.8. The van der Waals surface area contributed by atoms with Crippen LogP contribution in [0.4, 0.5) is 5.95 Å². The molecule has 2 heterocycles. The highest BCUT2D eigenvalue weighted by Crippen LogP contribution is 2.34. The van der Waals surface area contributed by atoms with E-state index in [0.717, 1.165) is 19.4 Å². The number of hydrogen-bond donors (Lipinski definition) is 1. The number of nitrogens with zero attached hydrogens (tertiary/aromatic N) is 3. The van der Waals surface area contributed by atoms with E-state index in [-0.39, 0.29) is 5.92 Å². The lowest BCUT2D eigenvalue weighted by Gasteiger charge is -2.39. The van der Waals surface area contributed by atoms with Gasteiger partial charge in [-0.15, -0.1) is 0 Å². The molecule has 1 aromatic heterocycles. The highest BCUT2D eigenvalue weighted by atomic mass is 16.4. The average Bonchev–Trinajstić information content (AvgIpc) is 2.40. The Balaban J connectivity index is 2.12. The summed E-state index contributed by atoms with van der Waals surface area (Å²) in [5, 5.41) is 9.30. The second kappa shape index (κ2) is 4.92. The Morgan fingerprint density at radius 2 is 2.11 bits per heavy atom. The zero-order valence-corrected chi connectivity index (χ0v) is 10.8. The van der Waals surface area contributed by atoms with Crippen molar-refractivity contribution in [2.75, 3.05) is 18.0 Å². The maximum absolute atomic E-state index is 11.3. The van der Waals surface area contributed by atoms with Crippen molar-refractivity contribution >= 4 is 11.9 Å². The summed E-state index contributed by atoms with van der Waals surface area (Å²) in [5.41, 5.74) is -0.701. The van der Waals surface area contributed by atoms with E-state index in [4.69, 9.17) is 0 Å². The van der Waals surface area contributed by atoms with Crippen molar-refractivity contribution in [2.45, 2.75) is 26.7 Å². The molecule has 1 N–H and O–H groups in total. The van der Waals surface area contributed by atoms with E-state index in [1.807, 2.05) is 0 Å². The van der Waals surface area contributed by atoms with Crippen LogP contribution < -0.4 is 4.90 Å². The first-order chi connectivity index (χ1) is 8.51. The maximum Gasteiger partial charge on any atom is 0.309 e. The van der Waals surface area contributed by atoms with Gasteiger partial charge in [-0.25, -0.2) is 9.97 Å². The van der Waals surface area contributed by atoms with Crippen LogP contribution in [0.1, 0.15) is 26.7 Å². The molecule has 18 heavy (non-hydrogen) atoms. The predicted molar refractivity (Wildman–Crippen MR) is 68.4 cm³/mol. The molecule has 1 atom stereocenters. The first-order valence-corrected chi connectivity index (χ1v) is 6.27. The minimum absolute atomic E-state index is 0.132. The average molecular weight is 249 g/mol. The molecule has 1 unspecified atom stereocenters. The Labute approximate surface area is 107 Å². The van der Waals surface area contributed by atoms with Crippen molar-refractivity contribution in [1.29, 1.82) is 0 Å². The van der Waals surface area contributed by atoms with E-state index in [2.05, 4.69) is 14.9 Å². The SMILES string of the molecule is CC(C)(C(=O)O)C1CCCN(c2ncccn2)C1. The van der Waals surface area contributed by atoms with Gasteiger partial charge in [-0.05, 0) is 38.7 Å². The molecule has 1 saturated heterocycles. The molecule has 0 aliphatic carbocycles. The molecule has 0 aromatic carbocycles. The lowest BCUT2D eigenvalue weighted by atomic mass is 9.74.